The molecule has 2 heteroatoms. The van der Waals surface area contributed by atoms with E-state index in [2.05, 4.69) is 43.4 Å². The number of aliphatic carboxylic acids is 1. The van der Waals surface area contributed by atoms with Crippen molar-refractivity contribution in [2.24, 2.45) is 0 Å². The van der Waals surface area contributed by atoms with Crippen molar-refractivity contribution in [3.63, 3.8) is 0 Å². The molecule has 0 atom stereocenters. The molecule has 0 amide bonds. The zero-order chi connectivity index (χ0) is 17.7. The second kappa shape index (κ2) is 19.7. The number of unbranched alkanes of at least 4 members (excludes halogenated alkanes) is 9. The van der Waals surface area contributed by atoms with Gasteiger partial charge in [0, 0.05) is 6.42 Å². The molecule has 138 valence electrons. The van der Waals surface area contributed by atoms with Gasteiger partial charge in [0.05, 0.1) is 0 Å². The van der Waals surface area contributed by atoms with E-state index in [1.807, 2.05) is 0 Å². The largest absolute Gasteiger partial charge is 0.481 e. The van der Waals surface area contributed by atoms with E-state index < -0.39 is 5.97 Å². The minimum atomic E-state index is -0.677. The van der Waals surface area contributed by atoms with Crippen molar-refractivity contribution in [3.8, 4) is 0 Å². The highest BCUT2D eigenvalue weighted by atomic mass is 16.4. The van der Waals surface area contributed by atoms with Crippen LogP contribution in [0.1, 0.15) is 96.8 Å². The van der Waals surface area contributed by atoms with Crippen molar-refractivity contribution in [2.45, 2.75) is 96.8 Å². The predicted molar refractivity (Wildman–Crippen MR) is 105 cm³/mol. The smallest absolute Gasteiger partial charge is 0.303 e. The molecule has 2 nitrogen and oxygen atoms in total. The Bertz CT molecular complexity index is 353. The summed E-state index contributed by atoms with van der Waals surface area (Å²) < 4.78 is 0. The number of allylic oxidation sites excluding steroid dienone is 6. The maximum atomic E-state index is 10.4. The van der Waals surface area contributed by atoms with Crippen LogP contribution in [0.25, 0.3) is 0 Å². The summed E-state index contributed by atoms with van der Waals surface area (Å²) in [4.78, 5) is 10.4. The molecule has 0 aliphatic heterocycles. The summed E-state index contributed by atoms with van der Waals surface area (Å²) >= 11 is 0. The lowest BCUT2D eigenvalue weighted by Gasteiger charge is -1.96. The summed E-state index contributed by atoms with van der Waals surface area (Å²) in [5.41, 5.74) is 0. The molecule has 24 heavy (non-hydrogen) atoms. The van der Waals surface area contributed by atoms with Crippen molar-refractivity contribution in [3.05, 3.63) is 36.5 Å². The van der Waals surface area contributed by atoms with Crippen LogP contribution in [0, 0.1) is 0 Å². The van der Waals surface area contributed by atoms with Crippen LogP contribution in [0.2, 0.25) is 0 Å². The molecule has 0 aromatic carbocycles. The molecule has 0 spiro atoms. The Morgan fingerprint density at radius 1 is 0.625 bits per heavy atom. The van der Waals surface area contributed by atoms with E-state index in [9.17, 15) is 4.79 Å². The number of hydrogen-bond acceptors (Lipinski definition) is 1. The first kappa shape index (κ1) is 22.7. The zero-order valence-corrected chi connectivity index (χ0v) is 15.7. The molecule has 0 aromatic rings. The standard InChI is InChI=1S/C22H38O2/c1-2-3-4-5-6-7-8-9-10-11-12-13-14-15-16-17-18-19-20-21-22(23)24/h3-4,9-10,15-16H,2,5-8,11-14,17-21H2,1H3,(H,23,24)/b4-3-,10-9-,16-15-. The van der Waals surface area contributed by atoms with E-state index in [0.717, 1.165) is 32.1 Å². The molecule has 0 fully saturated rings. The predicted octanol–water partition coefficient (Wildman–Crippen LogP) is 7.22. The van der Waals surface area contributed by atoms with Gasteiger partial charge < -0.3 is 5.11 Å². The van der Waals surface area contributed by atoms with Gasteiger partial charge in [0.15, 0.2) is 0 Å². The third-order valence-electron chi connectivity index (χ3n) is 3.98. The molecular weight excluding hydrogens is 296 g/mol. The third kappa shape index (κ3) is 20.7. The molecule has 0 radical (unpaired) electrons. The maximum Gasteiger partial charge on any atom is 0.303 e. The molecule has 1 N–H and O–H groups in total. The number of carboxylic acid groups (broad SMARTS) is 1. The van der Waals surface area contributed by atoms with Gasteiger partial charge in [0.2, 0.25) is 0 Å². The number of hydrogen-bond donors (Lipinski definition) is 1. The van der Waals surface area contributed by atoms with Crippen LogP contribution < -0.4 is 0 Å². The van der Waals surface area contributed by atoms with Crippen LogP contribution in [0.3, 0.4) is 0 Å². The monoisotopic (exact) mass is 334 g/mol. The van der Waals surface area contributed by atoms with Crippen molar-refractivity contribution in [1.82, 2.24) is 0 Å². The molecule has 0 aliphatic rings. The number of rotatable bonds is 17. The lowest BCUT2D eigenvalue weighted by atomic mass is 10.1. The van der Waals surface area contributed by atoms with Gasteiger partial charge in [-0.3, -0.25) is 4.79 Å². The quantitative estimate of drug-likeness (QED) is 0.225. The van der Waals surface area contributed by atoms with Crippen LogP contribution in [-0.4, -0.2) is 11.1 Å². The van der Waals surface area contributed by atoms with Crippen molar-refractivity contribution >= 4 is 5.97 Å². The van der Waals surface area contributed by atoms with E-state index in [4.69, 9.17) is 5.11 Å². The first-order valence-corrected chi connectivity index (χ1v) is 9.94. The molecule has 0 unspecified atom stereocenters. The lowest BCUT2D eigenvalue weighted by molar-refractivity contribution is -0.137. The van der Waals surface area contributed by atoms with Crippen LogP contribution in [0.4, 0.5) is 0 Å². The first-order chi connectivity index (χ1) is 11.8. The van der Waals surface area contributed by atoms with Crippen molar-refractivity contribution in [1.29, 1.82) is 0 Å². The molecule has 0 aliphatic carbocycles. The maximum absolute atomic E-state index is 10.4. The fraction of sp³-hybridized carbons (Fsp3) is 0.682. The summed E-state index contributed by atoms with van der Waals surface area (Å²) in [5, 5.41) is 8.54. The Morgan fingerprint density at radius 3 is 1.38 bits per heavy atom. The fourth-order valence-electron chi connectivity index (χ4n) is 2.52. The molecule has 0 aromatic heterocycles. The summed E-state index contributed by atoms with van der Waals surface area (Å²) in [6.45, 7) is 2.18. The topological polar surface area (TPSA) is 37.3 Å². The lowest BCUT2D eigenvalue weighted by Crippen LogP contribution is -1.93. The highest BCUT2D eigenvalue weighted by molar-refractivity contribution is 5.66. The van der Waals surface area contributed by atoms with E-state index in [-0.39, 0.29) is 0 Å². The summed E-state index contributed by atoms with van der Waals surface area (Å²) in [6.07, 6.45) is 29.3. The fourth-order valence-corrected chi connectivity index (χ4v) is 2.52. The van der Waals surface area contributed by atoms with Crippen LogP contribution >= 0.6 is 0 Å². The highest BCUT2D eigenvalue weighted by Crippen LogP contribution is 2.07. The van der Waals surface area contributed by atoms with E-state index in [1.165, 1.54) is 51.4 Å². The van der Waals surface area contributed by atoms with Crippen LogP contribution in [0.15, 0.2) is 36.5 Å². The zero-order valence-electron chi connectivity index (χ0n) is 15.7. The molecule has 0 saturated heterocycles. The second-order valence-corrected chi connectivity index (χ2v) is 6.38. The molecule has 0 rings (SSSR count). The molecular formula is C22H38O2. The van der Waals surface area contributed by atoms with Gasteiger partial charge in [-0.15, -0.1) is 0 Å². The highest BCUT2D eigenvalue weighted by Gasteiger charge is 1.94. The molecule has 0 heterocycles. The van der Waals surface area contributed by atoms with E-state index in [0.29, 0.717) is 6.42 Å². The van der Waals surface area contributed by atoms with Crippen molar-refractivity contribution in [2.75, 3.05) is 0 Å². The molecule has 0 bridgehead atoms. The summed E-state index contributed by atoms with van der Waals surface area (Å²) in [6, 6.07) is 0. The minimum absolute atomic E-state index is 0.313. The van der Waals surface area contributed by atoms with Gasteiger partial charge in [-0.05, 0) is 77.0 Å². The van der Waals surface area contributed by atoms with E-state index >= 15 is 0 Å². The summed E-state index contributed by atoms with van der Waals surface area (Å²) in [7, 11) is 0. The average molecular weight is 335 g/mol. The van der Waals surface area contributed by atoms with E-state index in [1.54, 1.807) is 0 Å². The average Bonchev–Trinajstić information content (AvgIpc) is 2.56. The normalized spacial score (nSPS) is 12.0. The number of carboxylic acids is 1. The van der Waals surface area contributed by atoms with Gasteiger partial charge in [-0.2, -0.15) is 0 Å². The Kier molecular flexibility index (Phi) is 18.7. The summed E-state index contributed by atoms with van der Waals surface area (Å²) in [5.74, 6) is -0.677. The molecule has 0 saturated carbocycles. The second-order valence-electron chi connectivity index (χ2n) is 6.38. The van der Waals surface area contributed by atoms with Gasteiger partial charge >= 0.3 is 5.97 Å². The van der Waals surface area contributed by atoms with Gasteiger partial charge in [-0.1, -0.05) is 49.8 Å². The van der Waals surface area contributed by atoms with Crippen molar-refractivity contribution < 1.29 is 9.90 Å². The third-order valence-corrected chi connectivity index (χ3v) is 3.98. The van der Waals surface area contributed by atoms with Gasteiger partial charge in [0.25, 0.3) is 0 Å². The minimum Gasteiger partial charge on any atom is -0.481 e. The van der Waals surface area contributed by atoms with Gasteiger partial charge in [-0.25, -0.2) is 0 Å². The van der Waals surface area contributed by atoms with Gasteiger partial charge in [0.1, 0.15) is 0 Å². The Balaban J connectivity index is 3.20. The SMILES string of the molecule is CC/C=C\CCCC/C=C\CCCC/C=C\CCCCCC(=O)O. The number of carbonyl (C=O) groups is 1. The Morgan fingerprint density at radius 2 is 1.00 bits per heavy atom. The first-order valence-electron chi connectivity index (χ1n) is 9.94. The van der Waals surface area contributed by atoms with Crippen LogP contribution in [-0.2, 0) is 4.79 Å². The Hall–Kier alpha value is -1.31. The Labute approximate surface area is 149 Å². The van der Waals surface area contributed by atoms with Crippen LogP contribution in [0.5, 0.6) is 0 Å².